The van der Waals surface area contributed by atoms with Crippen molar-refractivity contribution in [3.8, 4) is 0 Å². The van der Waals surface area contributed by atoms with Gasteiger partial charge in [0.1, 0.15) is 0 Å². The van der Waals surface area contributed by atoms with Crippen LogP contribution in [0.25, 0.3) is 0 Å². The molecule has 0 aliphatic carbocycles. The fraction of sp³-hybridized carbons (Fsp3) is 0.417. The van der Waals surface area contributed by atoms with Crippen molar-refractivity contribution in [2.45, 2.75) is 25.9 Å². The highest BCUT2D eigenvalue weighted by molar-refractivity contribution is 7.92. The number of hydrogen-bond acceptors (Lipinski definition) is 6. The van der Waals surface area contributed by atoms with Crippen LogP contribution in [-0.4, -0.2) is 75.2 Å². The van der Waals surface area contributed by atoms with Crippen molar-refractivity contribution in [3.63, 3.8) is 0 Å². The lowest BCUT2D eigenvalue weighted by molar-refractivity contribution is -0.136. The second kappa shape index (κ2) is 9.52. The molecule has 1 amide bonds. The van der Waals surface area contributed by atoms with Crippen LogP contribution >= 0.6 is 0 Å². The Labute approximate surface area is 194 Å². The largest absolute Gasteiger partial charge is 0.452 e. The van der Waals surface area contributed by atoms with Gasteiger partial charge >= 0.3 is 5.97 Å². The lowest BCUT2D eigenvalue weighted by atomic mass is 10.1. The monoisotopic (exact) mass is 471 g/mol. The average Bonchev–Trinajstić information content (AvgIpc) is 3.13. The Bertz CT molecular complexity index is 1130. The van der Waals surface area contributed by atoms with Crippen LogP contribution in [0.2, 0.25) is 0 Å². The SMILES string of the molecule is CC1Cc2cc(C(=O)OCC(=O)N3CCN(Cc4ccccc4)CC3)ccc2N1S(C)(=O)=O. The third kappa shape index (κ3) is 5.36. The molecule has 2 heterocycles. The maximum atomic E-state index is 12.5. The van der Waals surface area contributed by atoms with Crippen LogP contribution in [-0.2, 0) is 32.5 Å². The molecule has 1 unspecified atom stereocenters. The summed E-state index contributed by atoms with van der Waals surface area (Å²) in [4.78, 5) is 29.1. The van der Waals surface area contributed by atoms with Gasteiger partial charge in [-0.25, -0.2) is 13.2 Å². The smallest absolute Gasteiger partial charge is 0.338 e. The van der Waals surface area contributed by atoms with E-state index in [1.807, 2.05) is 25.1 Å². The summed E-state index contributed by atoms with van der Waals surface area (Å²) in [6.45, 7) is 5.12. The first-order chi connectivity index (χ1) is 15.7. The fourth-order valence-electron chi connectivity index (χ4n) is 4.53. The molecule has 0 bridgehead atoms. The van der Waals surface area contributed by atoms with E-state index in [1.165, 1.54) is 16.1 Å². The van der Waals surface area contributed by atoms with E-state index in [0.29, 0.717) is 30.8 Å². The normalized spacial score (nSPS) is 18.8. The second-order valence-corrected chi connectivity index (χ2v) is 10.5. The molecular weight excluding hydrogens is 442 g/mol. The molecule has 1 atom stereocenters. The fourth-order valence-corrected chi connectivity index (χ4v) is 5.80. The topological polar surface area (TPSA) is 87.2 Å². The van der Waals surface area contributed by atoms with E-state index in [1.54, 1.807) is 23.1 Å². The highest BCUT2D eigenvalue weighted by Crippen LogP contribution is 2.34. The lowest BCUT2D eigenvalue weighted by Crippen LogP contribution is -2.49. The molecule has 1 saturated heterocycles. The van der Waals surface area contributed by atoms with Crippen molar-refractivity contribution in [2.75, 3.05) is 43.3 Å². The second-order valence-electron chi connectivity index (χ2n) is 8.67. The number of hydrogen-bond donors (Lipinski definition) is 0. The Morgan fingerprint density at radius 1 is 1.03 bits per heavy atom. The zero-order valence-electron chi connectivity index (χ0n) is 18.9. The number of anilines is 1. The van der Waals surface area contributed by atoms with Gasteiger partial charge in [-0.05, 0) is 42.7 Å². The third-order valence-electron chi connectivity index (χ3n) is 6.13. The Morgan fingerprint density at radius 2 is 1.73 bits per heavy atom. The standard InChI is InChI=1S/C24H29N3O5S/c1-18-14-21-15-20(8-9-22(21)27(18)33(2,30)31)24(29)32-17-23(28)26-12-10-25(11-13-26)16-19-6-4-3-5-7-19/h3-9,15,18H,10-14,16-17H2,1-2H3. The minimum Gasteiger partial charge on any atom is -0.452 e. The number of carbonyl (C=O) groups excluding carboxylic acids is 2. The number of nitrogens with zero attached hydrogens (tertiary/aromatic N) is 3. The summed E-state index contributed by atoms with van der Waals surface area (Å²) in [5.41, 5.74) is 2.93. The van der Waals surface area contributed by atoms with E-state index >= 15 is 0 Å². The summed E-state index contributed by atoms with van der Waals surface area (Å²) >= 11 is 0. The molecule has 33 heavy (non-hydrogen) atoms. The predicted octanol–water partition coefficient (Wildman–Crippen LogP) is 1.90. The number of carbonyl (C=O) groups is 2. The average molecular weight is 472 g/mol. The Hall–Kier alpha value is -2.91. The molecule has 2 aliphatic heterocycles. The number of ether oxygens (including phenoxy) is 1. The summed E-state index contributed by atoms with van der Waals surface area (Å²) in [7, 11) is -3.39. The highest BCUT2D eigenvalue weighted by Gasteiger charge is 2.33. The molecule has 2 aromatic carbocycles. The van der Waals surface area contributed by atoms with E-state index in [0.717, 1.165) is 25.2 Å². The maximum absolute atomic E-state index is 12.5. The molecule has 0 radical (unpaired) electrons. The molecule has 2 aliphatic rings. The van der Waals surface area contributed by atoms with Gasteiger partial charge in [-0.1, -0.05) is 30.3 Å². The van der Waals surface area contributed by atoms with Gasteiger partial charge in [0.05, 0.1) is 17.5 Å². The van der Waals surface area contributed by atoms with Crippen molar-refractivity contribution >= 4 is 27.6 Å². The van der Waals surface area contributed by atoms with Gasteiger partial charge in [-0.2, -0.15) is 0 Å². The molecule has 1 fully saturated rings. The number of esters is 1. The van der Waals surface area contributed by atoms with E-state index in [9.17, 15) is 18.0 Å². The van der Waals surface area contributed by atoms with Crippen LogP contribution in [0.3, 0.4) is 0 Å². The minimum atomic E-state index is -3.39. The zero-order chi connectivity index (χ0) is 23.6. The third-order valence-corrected chi connectivity index (χ3v) is 7.40. The first-order valence-corrected chi connectivity index (χ1v) is 12.9. The van der Waals surface area contributed by atoms with Crippen molar-refractivity contribution in [3.05, 3.63) is 65.2 Å². The minimum absolute atomic E-state index is 0.205. The molecular formula is C24H29N3O5S. The van der Waals surface area contributed by atoms with Crippen molar-refractivity contribution < 1.29 is 22.7 Å². The van der Waals surface area contributed by atoms with E-state index in [4.69, 9.17) is 4.74 Å². The van der Waals surface area contributed by atoms with Gasteiger partial charge in [0.15, 0.2) is 6.61 Å². The van der Waals surface area contributed by atoms with Crippen LogP contribution in [0.5, 0.6) is 0 Å². The molecule has 0 saturated carbocycles. The van der Waals surface area contributed by atoms with Gasteiger partial charge in [0.25, 0.3) is 5.91 Å². The van der Waals surface area contributed by atoms with Crippen molar-refractivity contribution in [1.82, 2.24) is 9.80 Å². The van der Waals surface area contributed by atoms with E-state index in [-0.39, 0.29) is 18.6 Å². The van der Waals surface area contributed by atoms with E-state index < -0.39 is 16.0 Å². The number of sulfonamides is 1. The Morgan fingerprint density at radius 3 is 2.39 bits per heavy atom. The molecule has 0 N–H and O–H groups in total. The first-order valence-electron chi connectivity index (χ1n) is 11.1. The first kappa shape index (κ1) is 23.3. The van der Waals surface area contributed by atoms with Crippen molar-refractivity contribution in [1.29, 1.82) is 0 Å². The van der Waals surface area contributed by atoms with Gasteiger partial charge in [-0.15, -0.1) is 0 Å². The van der Waals surface area contributed by atoms with Gasteiger partial charge < -0.3 is 9.64 Å². The highest BCUT2D eigenvalue weighted by atomic mass is 32.2. The van der Waals surface area contributed by atoms with Gasteiger partial charge in [0.2, 0.25) is 10.0 Å². The van der Waals surface area contributed by atoms with Crippen LogP contribution < -0.4 is 4.31 Å². The van der Waals surface area contributed by atoms with Crippen molar-refractivity contribution in [2.24, 2.45) is 0 Å². The van der Waals surface area contributed by atoms with E-state index in [2.05, 4.69) is 17.0 Å². The Kier molecular flexibility index (Phi) is 6.71. The molecule has 0 aromatic heterocycles. The number of piperazine rings is 1. The van der Waals surface area contributed by atoms with Crippen LogP contribution in [0.4, 0.5) is 5.69 Å². The summed E-state index contributed by atoms with van der Waals surface area (Å²) in [6, 6.07) is 14.9. The summed E-state index contributed by atoms with van der Waals surface area (Å²) in [5, 5.41) is 0. The number of benzene rings is 2. The van der Waals surface area contributed by atoms with Crippen LogP contribution in [0, 0.1) is 0 Å². The summed E-state index contributed by atoms with van der Waals surface area (Å²) in [5.74, 6) is -0.792. The lowest BCUT2D eigenvalue weighted by Gasteiger charge is -2.34. The summed E-state index contributed by atoms with van der Waals surface area (Å²) in [6.07, 6.45) is 1.70. The molecule has 9 heteroatoms. The molecule has 176 valence electrons. The predicted molar refractivity (Wildman–Crippen MR) is 126 cm³/mol. The summed E-state index contributed by atoms with van der Waals surface area (Å²) < 4.78 is 30.8. The Balaban J connectivity index is 1.28. The van der Waals surface area contributed by atoms with Crippen LogP contribution in [0.15, 0.2) is 48.5 Å². The van der Waals surface area contributed by atoms with Gasteiger partial charge in [0, 0.05) is 38.8 Å². The molecule has 8 nitrogen and oxygen atoms in total. The van der Waals surface area contributed by atoms with Gasteiger partial charge in [-0.3, -0.25) is 14.0 Å². The van der Waals surface area contributed by atoms with Crippen LogP contribution in [0.1, 0.15) is 28.4 Å². The molecule has 4 rings (SSSR count). The number of amides is 1. The molecule has 0 spiro atoms. The quantitative estimate of drug-likeness (QED) is 0.598. The number of rotatable bonds is 6. The maximum Gasteiger partial charge on any atom is 0.338 e. The number of fused-ring (bicyclic) bond motifs is 1. The zero-order valence-corrected chi connectivity index (χ0v) is 19.8. The molecule has 2 aromatic rings.